The predicted molar refractivity (Wildman–Crippen MR) is 76.5 cm³/mol. The number of benzene rings is 1. The van der Waals surface area contributed by atoms with E-state index in [-0.39, 0.29) is 11.1 Å². The second-order valence-corrected chi connectivity index (χ2v) is 5.55. The van der Waals surface area contributed by atoms with Crippen LogP contribution in [-0.2, 0) is 0 Å². The monoisotopic (exact) mass is 274 g/mol. The standard InChI is InChI=1S/C14H18N4O2/c1-14(5-2-6-16-9-14)10-17-12-7-11(8-15)3-4-13(12)18(19)20/h3-4,7,16-17H,2,5-6,9-10H2,1H3. The number of nitrogens with one attached hydrogen (secondary N) is 2. The van der Waals surface area contributed by atoms with Crippen LogP contribution in [0, 0.1) is 26.9 Å². The highest BCUT2D eigenvalue weighted by Gasteiger charge is 2.27. The molecular weight excluding hydrogens is 256 g/mol. The largest absolute Gasteiger partial charge is 0.379 e. The second kappa shape index (κ2) is 5.88. The third kappa shape index (κ3) is 3.25. The summed E-state index contributed by atoms with van der Waals surface area (Å²) in [6.45, 7) is 4.73. The van der Waals surface area contributed by atoms with Crippen molar-refractivity contribution in [2.45, 2.75) is 19.8 Å². The molecule has 1 saturated heterocycles. The van der Waals surface area contributed by atoms with E-state index >= 15 is 0 Å². The first-order chi connectivity index (χ1) is 9.54. The van der Waals surface area contributed by atoms with Crippen molar-refractivity contribution in [1.29, 1.82) is 5.26 Å². The van der Waals surface area contributed by atoms with E-state index in [4.69, 9.17) is 5.26 Å². The Kier molecular flexibility index (Phi) is 4.20. The number of hydrogen-bond donors (Lipinski definition) is 2. The highest BCUT2D eigenvalue weighted by Crippen LogP contribution is 2.29. The molecule has 1 aromatic rings. The van der Waals surface area contributed by atoms with Crippen molar-refractivity contribution < 1.29 is 4.92 Å². The quantitative estimate of drug-likeness (QED) is 0.649. The average molecular weight is 274 g/mol. The molecule has 2 N–H and O–H groups in total. The molecule has 0 aliphatic carbocycles. The number of nitrogens with zero attached hydrogens (tertiary/aromatic N) is 2. The molecule has 0 spiro atoms. The topological polar surface area (TPSA) is 91.0 Å². The van der Waals surface area contributed by atoms with E-state index in [1.807, 2.05) is 6.07 Å². The van der Waals surface area contributed by atoms with Crippen molar-refractivity contribution in [3.8, 4) is 6.07 Å². The molecule has 6 nitrogen and oxygen atoms in total. The van der Waals surface area contributed by atoms with Gasteiger partial charge in [-0.3, -0.25) is 10.1 Å². The van der Waals surface area contributed by atoms with Crippen LogP contribution in [0.25, 0.3) is 0 Å². The van der Waals surface area contributed by atoms with Gasteiger partial charge in [0.05, 0.1) is 16.6 Å². The Bertz CT molecular complexity index is 545. The second-order valence-electron chi connectivity index (χ2n) is 5.55. The molecule has 106 valence electrons. The summed E-state index contributed by atoms with van der Waals surface area (Å²) < 4.78 is 0. The third-order valence-electron chi connectivity index (χ3n) is 3.71. The number of rotatable bonds is 4. The lowest BCUT2D eigenvalue weighted by Gasteiger charge is -2.34. The fourth-order valence-electron chi connectivity index (χ4n) is 2.48. The molecule has 1 aliphatic heterocycles. The van der Waals surface area contributed by atoms with E-state index < -0.39 is 4.92 Å². The number of piperidine rings is 1. The molecule has 6 heteroatoms. The van der Waals surface area contributed by atoms with Crippen LogP contribution in [0.15, 0.2) is 18.2 Å². The van der Waals surface area contributed by atoms with Gasteiger partial charge in [-0.1, -0.05) is 6.92 Å². The van der Waals surface area contributed by atoms with Gasteiger partial charge >= 0.3 is 0 Å². The maximum absolute atomic E-state index is 11.0. The summed E-state index contributed by atoms with van der Waals surface area (Å²) in [5.41, 5.74) is 0.927. The van der Waals surface area contributed by atoms with Crippen molar-refractivity contribution in [2.75, 3.05) is 25.0 Å². The van der Waals surface area contributed by atoms with Crippen molar-refractivity contribution >= 4 is 11.4 Å². The molecule has 0 aromatic heterocycles. The fourth-order valence-corrected chi connectivity index (χ4v) is 2.48. The zero-order valence-electron chi connectivity index (χ0n) is 11.5. The SMILES string of the molecule is CC1(CNc2cc(C#N)ccc2[N+](=O)[O-])CCCNC1. The van der Waals surface area contributed by atoms with E-state index in [1.165, 1.54) is 18.2 Å². The molecule has 1 aromatic carbocycles. The van der Waals surface area contributed by atoms with Crippen LogP contribution in [-0.4, -0.2) is 24.6 Å². The van der Waals surface area contributed by atoms with Crippen LogP contribution in [0.4, 0.5) is 11.4 Å². The molecule has 0 radical (unpaired) electrons. The first-order valence-corrected chi connectivity index (χ1v) is 6.67. The summed E-state index contributed by atoms with van der Waals surface area (Å²) in [4.78, 5) is 10.6. The molecule has 0 bridgehead atoms. The van der Waals surface area contributed by atoms with Crippen LogP contribution < -0.4 is 10.6 Å². The summed E-state index contributed by atoms with van der Waals surface area (Å²) in [7, 11) is 0. The summed E-state index contributed by atoms with van der Waals surface area (Å²) in [5.74, 6) is 0. The van der Waals surface area contributed by atoms with E-state index in [1.54, 1.807) is 0 Å². The number of anilines is 1. The van der Waals surface area contributed by atoms with E-state index in [0.717, 1.165) is 25.9 Å². The van der Waals surface area contributed by atoms with E-state index in [2.05, 4.69) is 17.6 Å². The van der Waals surface area contributed by atoms with Crippen LogP contribution in [0.1, 0.15) is 25.3 Å². The number of hydrogen-bond acceptors (Lipinski definition) is 5. The van der Waals surface area contributed by atoms with Crippen molar-refractivity contribution in [3.63, 3.8) is 0 Å². The van der Waals surface area contributed by atoms with Gasteiger partial charge in [0.1, 0.15) is 5.69 Å². The van der Waals surface area contributed by atoms with Gasteiger partial charge in [-0.25, -0.2) is 0 Å². The smallest absolute Gasteiger partial charge is 0.292 e. The first-order valence-electron chi connectivity index (χ1n) is 6.67. The summed E-state index contributed by atoms with van der Waals surface area (Å²) in [6.07, 6.45) is 2.19. The Labute approximate surface area is 117 Å². The van der Waals surface area contributed by atoms with Gasteiger partial charge < -0.3 is 10.6 Å². The maximum Gasteiger partial charge on any atom is 0.292 e. The summed E-state index contributed by atoms with van der Waals surface area (Å²) >= 11 is 0. The maximum atomic E-state index is 11.0. The van der Waals surface area contributed by atoms with Gasteiger partial charge in [0.25, 0.3) is 5.69 Å². The van der Waals surface area contributed by atoms with Gasteiger partial charge in [0.2, 0.25) is 0 Å². The zero-order valence-corrected chi connectivity index (χ0v) is 11.5. The lowest BCUT2D eigenvalue weighted by Crippen LogP contribution is -2.42. The number of nitro benzene ring substituents is 1. The molecular formula is C14H18N4O2. The van der Waals surface area contributed by atoms with Gasteiger partial charge in [-0.15, -0.1) is 0 Å². The fraction of sp³-hybridized carbons (Fsp3) is 0.500. The molecule has 0 amide bonds. The Balaban J connectivity index is 2.15. The van der Waals surface area contributed by atoms with Gasteiger partial charge in [0.15, 0.2) is 0 Å². The highest BCUT2D eigenvalue weighted by atomic mass is 16.6. The third-order valence-corrected chi connectivity index (χ3v) is 3.71. The van der Waals surface area contributed by atoms with Gasteiger partial charge in [-0.05, 0) is 36.9 Å². The lowest BCUT2D eigenvalue weighted by atomic mass is 9.83. The van der Waals surface area contributed by atoms with Crippen LogP contribution in [0.2, 0.25) is 0 Å². The summed E-state index contributed by atoms with van der Waals surface area (Å²) in [5, 5.41) is 26.4. The van der Waals surface area contributed by atoms with Crippen LogP contribution in [0.3, 0.4) is 0 Å². The molecule has 1 aliphatic rings. The predicted octanol–water partition coefficient (Wildman–Crippen LogP) is 2.27. The van der Waals surface area contributed by atoms with Crippen LogP contribution >= 0.6 is 0 Å². The van der Waals surface area contributed by atoms with Crippen molar-refractivity contribution in [1.82, 2.24) is 5.32 Å². The minimum atomic E-state index is -0.426. The molecule has 1 fully saturated rings. The summed E-state index contributed by atoms with van der Waals surface area (Å²) in [6, 6.07) is 6.39. The Morgan fingerprint density at radius 2 is 2.40 bits per heavy atom. The van der Waals surface area contributed by atoms with E-state index in [0.29, 0.717) is 17.8 Å². The average Bonchev–Trinajstić information content (AvgIpc) is 2.45. The number of nitro groups is 1. The van der Waals surface area contributed by atoms with Crippen LogP contribution in [0.5, 0.6) is 0 Å². The van der Waals surface area contributed by atoms with Gasteiger partial charge in [0, 0.05) is 19.2 Å². The number of nitriles is 1. The Hall–Kier alpha value is -2.13. The van der Waals surface area contributed by atoms with Gasteiger partial charge in [-0.2, -0.15) is 5.26 Å². The first kappa shape index (κ1) is 14.3. The molecule has 20 heavy (non-hydrogen) atoms. The van der Waals surface area contributed by atoms with Crippen molar-refractivity contribution in [3.05, 3.63) is 33.9 Å². The molecule has 0 saturated carbocycles. The lowest BCUT2D eigenvalue weighted by molar-refractivity contribution is -0.384. The zero-order chi connectivity index (χ0) is 14.6. The molecule has 1 atom stereocenters. The highest BCUT2D eigenvalue weighted by molar-refractivity contribution is 5.64. The molecule has 1 heterocycles. The van der Waals surface area contributed by atoms with E-state index in [9.17, 15) is 10.1 Å². The van der Waals surface area contributed by atoms with Crippen molar-refractivity contribution in [2.24, 2.45) is 5.41 Å². The molecule has 1 unspecified atom stereocenters. The Morgan fingerprint density at radius 3 is 3.00 bits per heavy atom. The normalized spacial score (nSPS) is 22.0. The minimum Gasteiger partial charge on any atom is -0.379 e. The minimum absolute atomic E-state index is 0.0105. The Morgan fingerprint density at radius 1 is 1.60 bits per heavy atom. The molecule has 2 rings (SSSR count).